The van der Waals surface area contributed by atoms with Crippen molar-refractivity contribution in [3.8, 4) is 0 Å². The van der Waals surface area contributed by atoms with Crippen LogP contribution in [0.25, 0.3) is 0 Å². The van der Waals surface area contributed by atoms with Crippen LogP contribution in [0, 0.1) is 10.1 Å². The third-order valence-electron chi connectivity index (χ3n) is 3.37. The average Bonchev–Trinajstić information content (AvgIpc) is 2.45. The fraction of sp³-hybridized carbons (Fsp3) is 0.462. The number of amides is 1. The van der Waals surface area contributed by atoms with Crippen LogP contribution in [0.4, 0.5) is 5.69 Å². The molecule has 0 unspecified atom stereocenters. The third kappa shape index (κ3) is 3.52. The number of nitrogens with zero attached hydrogens (tertiary/aromatic N) is 2. The molecule has 0 bridgehead atoms. The van der Waals surface area contributed by atoms with Crippen LogP contribution in [-0.4, -0.2) is 48.6 Å². The second kappa shape index (κ2) is 6.44. The predicted molar refractivity (Wildman–Crippen MR) is 72.6 cm³/mol. The molecular formula is C13H17N3O4. The number of nitrogens with two attached hydrogens (primary N) is 1. The summed E-state index contributed by atoms with van der Waals surface area (Å²) in [5, 5.41) is 10.8. The van der Waals surface area contributed by atoms with Crippen LogP contribution in [0.5, 0.6) is 0 Å². The number of morpholine rings is 1. The number of benzene rings is 1. The molecule has 20 heavy (non-hydrogen) atoms. The Kier molecular flexibility index (Phi) is 4.65. The van der Waals surface area contributed by atoms with E-state index < -0.39 is 10.8 Å². The quantitative estimate of drug-likeness (QED) is 0.627. The van der Waals surface area contributed by atoms with Crippen molar-refractivity contribution in [1.82, 2.24) is 4.90 Å². The largest absolute Gasteiger partial charge is 0.379 e. The predicted octanol–water partition coefficient (Wildman–Crippen LogP) is 0.568. The fourth-order valence-electron chi connectivity index (χ4n) is 2.24. The van der Waals surface area contributed by atoms with Gasteiger partial charge in [0, 0.05) is 37.3 Å². The molecule has 1 amide bonds. The molecule has 7 nitrogen and oxygen atoms in total. The summed E-state index contributed by atoms with van der Waals surface area (Å²) in [7, 11) is 0. The van der Waals surface area contributed by atoms with E-state index in [1.165, 1.54) is 18.2 Å². The summed E-state index contributed by atoms with van der Waals surface area (Å²) < 4.78 is 5.26. The van der Waals surface area contributed by atoms with Gasteiger partial charge in [0.25, 0.3) is 5.69 Å². The highest BCUT2D eigenvalue weighted by Crippen LogP contribution is 2.18. The first-order valence-corrected chi connectivity index (χ1v) is 6.45. The molecule has 2 rings (SSSR count). The van der Waals surface area contributed by atoms with Crippen molar-refractivity contribution in [1.29, 1.82) is 0 Å². The van der Waals surface area contributed by atoms with Gasteiger partial charge in [-0.3, -0.25) is 19.8 Å². The summed E-state index contributed by atoms with van der Waals surface area (Å²) in [5.41, 5.74) is 6.26. The molecule has 0 saturated carbocycles. The highest BCUT2D eigenvalue weighted by Gasteiger charge is 2.16. The molecule has 1 fully saturated rings. The minimum atomic E-state index is -0.558. The molecule has 1 aliphatic rings. The van der Waals surface area contributed by atoms with Gasteiger partial charge < -0.3 is 10.5 Å². The van der Waals surface area contributed by atoms with Gasteiger partial charge >= 0.3 is 0 Å². The highest BCUT2D eigenvalue weighted by atomic mass is 16.6. The number of hydrogen-bond donors (Lipinski definition) is 1. The van der Waals surface area contributed by atoms with Crippen molar-refractivity contribution < 1.29 is 14.5 Å². The van der Waals surface area contributed by atoms with E-state index in [0.717, 1.165) is 19.6 Å². The van der Waals surface area contributed by atoms with Gasteiger partial charge in [0.15, 0.2) is 0 Å². The minimum absolute atomic E-state index is 0.0213. The first kappa shape index (κ1) is 14.4. The molecule has 0 radical (unpaired) electrons. The zero-order valence-electron chi connectivity index (χ0n) is 11.1. The molecule has 1 saturated heterocycles. The van der Waals surface area contributed by atoms with Crippen LogP contribution in [0.15, 0.2) is 18.2 Å². The summed E-state index contributed by atoms with van der Waals surface area (Å²) in [6.45, 7) is 3.78. The number of rotatable bonds is 5. The third-order valence-corrected chi connectivity index (χ3v) is 3.37. The van der Waals surface area contributed by atoms with Crippen molar-refractivity contribution in [3.05, 3.63) is 39.4 Å². The van der Waals surface area contributed by atoms with Crippen molar-refractivity contribution >= 4 is 11.6 Å². The van der Waals surface area contributed by atoms with Crippen LogP contribution in [0.2, 0.25) is 0 Å². The fourth-order valence-corrected chi connectivity index (χ4v) is 2.24. The van der Waals surface area contributed by atoms with Gasteiger partial charge in [0.2, 0.25) is 5.91 Å². The Morgan fingerprint density at radius 3 is 2.70 bits per heavy atom. The standard InChI is InChI=1S/C13H17N3O4/c14-13(17)12-2-1-11(16(18)19)9-10(12)3-4-15-5-7-20-8-6-15/h1-2,9H,3-8H2,(H2,14,17). The molecule has 108 valence electrons. The van der Waals surface area contributed by atoms with E-state index >= 15 is 0 Å². The molecule has 0 atom stereocenters. The van der Waals surface area contributed by atoms with Gasteiger partial charge in [0.05, 0.1) is 18.1 Å². The summed E-state index contributed by atoms with van der Waals surface area (Å²) in [5.74, 6) is -0.558. The molecule has 0 spiro atoms. The molecule has 1 aromatic carbocycles. The van der Waals surface area contributed by atoms with Crippen LogP contribution < -0.4 is 5.73 Å². The topological polar surface area (TPSA) is 98.7 Å². The Hall–Kier alpha value is -1.99. The normalized spacial score (nSPS) is 16.0. The molecule has 1 heterocycles. The van der Waals surface area contributed by atoms with Crippen molar-refractivity contribution in [3.63, 3.8) is 0 Å². The average molecular weight is 279 g/mol. The number of ether oxygens (including phenoxy) is 1. The van der Waals surface area contributed by atoms with Crippen LogP contribution >= 0.6 is 0 Å². The van der Waals surface area contributed by atoms with E-state index in [2.05, 4.69) is 4.90 Å². The van der Waals surface area contributed by atoms with Crippen LogP contribution in [0.1, 0.15) is 15.9 Å². The molecule has 7 heteroatoms. The monoisotopic (exact) mass is 279 g/mol. The van der Waals surface area contributed by atoms with E-state index in [4.69, 9.17) is 10.5 Å². The number of primary amides is 1. The maximum Gasteiger partial charge on any atom is 0.269 e. The Morgan fingerprint density at radius 2 is 2.10 bits per heavy atom. The van der Waals surface area contributed by atoms with Gasteiger partial charge in [-0.1, -0.05) is 0 Å². The first-order valence-electron chi connectivity index (χ1n) is 6.45. The number of carbonyl (C=O) groups is 1. The maximum absolute atomic E-state index is 11.4. The summed E-state index contributed by atoms with van der Waals surface area (Å²) in [6, 6.07) is 4.16. The van der Waals surface area contributed by atoms with Gasteiger partial charge in [-0.05, 0) is 18.1 Å². The Labute approximate surface area is 116 Å². The zero-order chi connectivity index (χ0) is 14.5. The van der Waals surface area contributed by atoms with Gasteiger partial charge in [-0.2, -0.15) is 0 Å². The van der Waals surface area contributed by atoms with Crippen molar-refractivity contribution in [2.24, 2.45) is 5.73 Å². The van der Waals surface area contributed by atoms with Gasteiger partial charge in [-0.15, -0.1) is 0 Å². The molecular weight excluding hydrogens is 262 g/mol. The van der Waals surface area contributed by atoms with E-state index in [1.54, 1.807) is 0 Å². The number of non-ortho nitro benzene ring substituents is 1. The lowest BCUT2D eigenvalue weighted by Gasteiger charge is -2.26. The van der Waals surface area contributed by atoms with Gasteiger partial charge in [-0.25, -0.2) is 0 Å². The number of nitro benzene ring substituents is 1. The summed E-state index contributed by atoms with van der Waals surface area (Å²) >= 11 is 0. The lowest BCUT2D eigenvalue weighted by Crippen LogP contribution is -2.37. The smallest absolute Gasteiger partial charge is 0.269 e. The molecule has 1 aliphatic heterocycles. The Balaban J connectivity index is 2.12. The van der Waals surface area contributed by atoms with E-state index in [1.807, 2.05) is 0 Å². The van der Waals surface area contributed by atoms with E-state index in [0.29, 0.717) is 30.8 Å². The Bertz CT molecular complexity index is 512. The first-order chi connectivity index (χ1) is 9.58. The summed E-state index contributed by atoms with van der Waals surface area (Å²) in [6.07, 6.45) is 0.556. The number of hydrogen-bond acceptors (Lipinski definition) is 5. The molecule has 0 aromatic heterocycles. The highest BCUT2D eigenvalue weighted by molar-refractivity contribution is 5.94. The SMILES string of the molecule is NC(=O)c1ccc([N+](=O)[O-])cc1CCN1CCOCC1. The molecule has 2 N–H and O–H groups in total. The number of nitro groups is 1. The Morgan fingerprint density at radius 1 is 1.40 bits per heavy atom. The van der Waals surface area contributed by atoms with E-state index in [9.17, 15) is 14.9 Å². The minimum Gasteiger partial charge on any atom is -0.379 e. The lowest BCUT2D eigenvalue weighted by atomic mass is 10.0. The van der Waals surface area contributed by atoms with Crippen LogP contribution in [0.3, 0.4) is 0 Å². The van der Waals surface area contributed by atoms with Crippen LogP contribution in [-0.2, 0) is 11.2 Å². The van der Waals surface area contributed by atoms with Gasteiger partial charge in [0.1, 0.15) is 0 Å². The number of carbonyl (C=O) groups excluding carboxylic acids is 1. The second-order valence-corrected chi connectivity index (χ2v) is 4.67. The summed E-state index contributed by atoms with van der Waals surface area (Å²) in [4.78, 5) is 23.9. The molecule has 0 aliphatic carbocycles. The zero-order valence-corrected chi connectivity index (χ0v) is 11.1. The van der Waals surface area contributed by atoms with Crippen molar-refractivity contribution in [2.75, 3.05) is 32.8 Å². The maximum atomic E-state index is 11.4. The second-order valence-electron chi connectivity index (χ2n) is 4.67. The van der Waals surface area contributed by atoms with Crippen molar-refractivity contribution in [2.45, 2.75) is 6.42 Å². The molecule has 1 aromatic rings. The van der Waals surface area contributed by atoms with E-state index in [-0.39, 0.29) is 5.69 Å². The lowest BCUT2D eigenvalue weighted by molar-refractivity contribution is -0.384.